The Labute approximate surface area is 93.4 Å². The second kappa shape index (κ2) is 6.12. The van der Waals surface area contributed by atoms with Crippen molar-refractivity contribution in [3.8, 4) is 0 Å². The van der Waals surface area contributed by atoms with Gasteiger partial charge in [-0.2, -0.15) is 0 Å². The van der Waals surface area contributed by atoms with Gasteiger partial charge in [-0.1, -0.05) is 12.7 Å². The van der Waals surface area contributed by atoms with E-state index in [0.29, 0.717) is 19.6 Å². The molecule has 1 amide bonds. The summed E-state index contributed by atoms with van der Waals surface area (Å²) >= 11 is 0. The van der Waals surface area contributed by atoms with Crippen LogP contribution in [0.25, 0.3) is 0 Å². The van der Waals surface area contributed by atoms with E-state index >= 15 is 0 Å². The number of carbonyl (C=O) groups is 2. The Balaban J connectivity index is 2.53. The summed E-state index contributed by atoms with van der Waals surface area (Å²) in [7, 11) is 0. The van der Waals surface area contributed by atoms with Crippen molar-refractivity contribution in [2.45, 2.75) is 12.5 Å². The Morgan fingerprint density at radius 2 is 2.38 bits per heavy atom. The van der Waals surface area contributed by atoms with E-state index in [4.69, 9.17) is 14.6 Å². The van der Waals surface area contributed by atoms with Gasteiger partial charge >= 0.3 is 12.1 Å². The number of rotatable bonds is 3. The molecule has 0 bridgehead atoms. The maximum absolute atomic E-state index is 11.5. The standard InChI is InChI=1S/C10H15NO5/c1-2-5-16-10(14)11-4-3-6-15-8(7-11)9(12)13/h2,8H,1,3-7H2,(H,12,13)/t8-/m1/s1. The number of hydrogen-bond acceptors (Lipinski definition) is 4. The normalized spacial score (nSPS) is 21.0. The number of carbonyl (C=O) groups excluding carboxylic acids is 1. The number of nitrogens with zero attached hydrogens (tertiary/aromatic N) is 1. The molecule has 1 aliphatic rings. The van der Waals surface area contributed by atoms with Crippen molar-refractivity contribution in [2.75, 3.05) is 26.3 Å². The van der Waals surface area contributed by atoms with Crippen LogP contribution in [0, 0.1) is 0 Å². The second-order valence-electron chi connectivity index (χ2n) is 3.36. The minimum absolute atomic E-state index is 0.0192. The summed E-state index contributed by atoms with van der Waals surface area (Å²) in [6.45, 7) is 4.34. The summed E-state index contributed by atoms with van der Waals surface area (Å²) in [4.78, 5) is 23.6. The SMILES string of the molecule is C=CCOC(=O)N1CCCO[C@@H](C(=O)O)C1. The molecule has 90 valence electrons. The highest BCUT2D eigenvalue weighted by atomic mass is 16.6. The van der Waals surface area contributed by atoms with Crippen LogP contribution in [0.1, 0.15) is 6.42 Å². The third-order valence-corrected chi connectivity index (χ3v) is 2.14. The summed E-state index contributed by atoms with van der Waals surface area (Å²) in [5, 5.41) is 8.82. The van der Waals surface area contributed by atoms with Crippen molar-refractivity contribution >= 4 is 12.1 Å². The maximum Gasteiger partial charge on any atom is 0.410 e. The van der Waals surface area contributed by atoms with E-state index in [1.54, 1.807) is 0 Å². The van der Waals surface area contributed by atoms with Crippen molar-refractivity contribution in [2.24, 2.45) is 0 Å². The molecule has 0 aromatic heterocycles. The lowest BCUT2D eigenvalue weighted by atomic mass is 10.3. The molecule has 0 spiro atoms. The van der Waals surface area contributed by atoms with Gasteiger partial charge in [-0.15, -0.1) is 0 Å². The van der Waals surface area contributed by atoms with Crippen LogP contribution >= 0.6 is 0 Å². The van der Waals surface area contributed by atoms with Gasteiger partial charge < -0.3 is 19.5 Å². The molecule has 1 N–H and O–H groups in total. The molecule has 1 aliphatic heterocycles. The summed E-state index contributed by atoms with van der Waals surface area (Å²) in [5.74, 6) is -1.07. The quantitative estimate of drug-likeness (QED) is 0.712. The number of aliphatic carboxylic acids is 1. The van der Waals surface area contributed by atoms with Crippen molar-refractivity contribution in [1.29, 1.82) is 0 Å². The van der Waals surface area contributed by atoms with Gasteiger partial charge in [-0.05, 0) is 6.42 Å². The average Bonchev–Trinajstić information content (AvgIpc) is 2.51. The van der Waals surface area contributed by atoms with Crippen LogP contribution in [0.3, 0.4) is 0 Å². The van der Waals surface area contributed by atoms with E-state index in [0.717, 1.165) is 0 Å². The smallest absolute Gasteiger partial charge is 0.410 e. The highest BCUT2D eigenvalue weighted by Crippen LogP contribution is 2.07. The number of ether oxygens (including phenoxy) is 2. The van der Waals surface area contributed by atoms with E-state index in [2.05, 4.69) is 6.58 Å². The molecule has 0 aromatic carbocycles. The van der Waals surface area contributed by atoms with Gasteiger partial charge in [0.2, 0.25) is 0 Å². The van der Waals surface area contributed by atoms with Gasteiger partial charge in [-0.3, -0.25) is 0 Å². The van der Waals surface area contributed by atoms with Crippen LogP contribution in [-0.2, 0) is 14.3 Å². The second-order valence-corrected chi connectivity index (χ2v) is 3.36. The van der Waals surface area contributed by atoms with E-state index in [1.165, 1.54) is 11.0 Å². The molecule has 16 heavy (non-hydrogen) atoms. The van der Waals surface area contributed by atoms with E-state index in [1.807, 2.05) is 0 Å². The summed E-state index contributed by atoms with van der Waals surface area (Å²) in [5.41, 5.74) is 0. The lowest BCUT2D eigenvalue weighted by Crippen LogP contribution is -2.40. The van der Waals surface area contributed by atoms with Gasteiger partial charge in [-0.25, -0.2) is 9.59 Å². The van der Waals surface area contributed by atoms with Crippen LogP contribution < -0.4 is 0 Å². The molecule has 1 saturated heterocycles. The van der Waals surface area contributed by atoms with Gasteiger partial charge in [0.1, 0.15) is 6.61 Å². The van der Waals surface area contributed by atoms with Crippen LogP contribution in [0.4, 0.5) is 4.79 Å². The Morgan fingerprint density at radius 3 is 3.00 bits per heavy atom. The summed E-state index contributed by atoms with van der Waals surface area (Å²) < 4.78 is 9.91. The van der Waals surface area contributed by atoms with Gasteiger partial charge in [0, 0.05) is 13.2 Å². The molecule has 1 rings (SSSR count). The molecule has 6 nitrogen and oxygen atoms in total. The topological polar surface area (TPSA) is 76.1 Å². The number of carboxylic acid groups (broad SMARTS) is 1. The Kier molecular flexibility index (Phi) is 4.78. The average molecular weight is 229 g/mol. The molecule has 1 atom stereocenters. The van der Waals surface area contributed by atoms with Crippen LogP contribution in [0.15, 0.2) is 12.7 Å². The lowest BCUT2D eigenvalue weighted by Gasteiger charge is -2.20. The van der Waals surface area contributed by atoms with E-state index in [-0.39, 0.29) is 13.2 Å². The molecule has 1 fully saturated rings. The third-order valence-electron chi connectivity index (χ3n) is 2.14. The minimum Gasteiger partial charge on any atom is -0.479 e. The fourth-order valence-electron chi connectivity index (χ4n) is 1.36. The Morgan fingerprint density at radius 1 is 1.62 bits per heavy atom. The number of amides is 1. The minimum atomic E-state index is -1.07. The summed E-state index contributed by atoms with van der Waals surface area (Å²) in [6, 6.07) is 0. The van der Waals surface area contributed by atoms with Crippen molar-refractivity contribution in [3.05, 3.63) is 12.7 Å². The molecule has 1 heterocycles. The molecule has 0 unspecified atom stereocenters. The first-order valence-electron chi connectivity index (χ1n) is 5.02. The zero-order chi connectivity index (χ0) is 12.0. The summed E-state index contributed by atoms with van der Waals surface area (Å²) in [6.07, 6.45) is 0.559. The fourth-order valence-corrected chi connectivity index (χ4v) is 1.36. The monoisotopic (exact) mass is 229 g/mol. The highest BCUT2D eigenvalue weighted by Gasteiger charge is 2.27. The predicted molar refractivity (Wildman–Crippen MR) is 55.1 cm³/mol. The first-order valence-corrected chi connectivity index (χ1v) is 5.02. The molecule has 0 radical (unpaired) electrons. The molecule has 0 saturated carbocycles. The van der Waals surface area contributed by atoms with Crippen molar-refractivity contribution in [3.63, 3.8) is 0 Å². The highest BCUT2D eigenvalue weighted by molar-refractivity contribution is 5.74. The zero-order valence-electron chi connectivity index (χ0n) is 8.92. The molecular formula is C10H15NO5. The number of carboxylic acids is 1. The predicted octanol–water partition coefficient (Wildman–Crippen LogP) is 0.485. The van der Waals surface area contributed by atoms with Crippen molar-refractivity contribution in [1.82, 2.24) is 4.90 Å². The first kappa shape index (κ1) is 12.5. The number of hydrogen-bond donors (Lipinski definition) is 1. The van der Waals surface area contributed by atoms with E-state index in [9.17, 15) is 9.59 Å². The van der Waals surface area contributed by atoms with Crippen molar-refractivity contribution < 1.29 is 24.2 Å². The molecular weight excluding hydrogens is 214 g/mol. The van der Waals surface area contributed by atoms with E-state index < -0.39 is 18.2 Å². The fraction of sp³-hybridized carbons (Fsp3) is 0.600. The Bertz CT molecular complexity index is 278. The lowest BCUT2D eigenvalue weighted by molar-refractivity contribution is -0.150. The Hall–Kier alpha value is -1.56. The largest absolute Gasteiger partial charge is 0.479 e. The molecule has 6 heteroatoms. The van der Waals surface area contributed by atoms with Crippen LogP contribution in [0.2, 0.25) is 0 Å². The van der Waals surface area contributed by atoms with Gasteiger partial charge in [0.25, 0.3) is 0 Å². The third kappa shape index (κ3) is 3.54. The maximum atomic E-state index is 11.5. The van der Waals surface area contributed by atoms with Crippen LogP contribution in [0.5, 0.6) is 0 Å². The van der Waals surface area contributed by atoms with Gasteiger partial charge in [0.15, 0.2) is 6.10 Å². The molecule has 0 aliphatic carbocycles. The first-order chi connectivity index (χ1) is 7.65. The van der Waals surface area contributed by atoms with Crippen LogP contribution in [-0.4, -0.2) is 54.5 Å². The van der Waals surface area contributed by atoms with Gasteiger partial charge in [0.05, 0.1) is 6.54 Å². The zero-order valence-corrected chi connectivity index (χ0v) is 8.92. The molecule has 0 aromatic rings.